The van der Waals surface area contributed by atoms with Gasteiger partial charge in [-0.3, -0.25) is 0 Å². The van der Waals surface area contributed by atoms with Gasteiger partial charge in [-0.2, -0.15) is 0 Å². The van der Waals surface area contributed by atoms with E-state index in [9.17, 15) is 13.2 Å². The molecule has 0 bridgehead atoms. The van der Waals surface area contributed by atoms with E-state index in [1.54, 1.807) is 6.92 Å². The standard InChI is InChI=1S/C11H15F3O3Si/c1-7(18(15-2,16-3)17-4)8-5-9(12)11(14)10(13)6-8/h5-7H,1-4H3. The van der Waals surface area contributed by atoms with Crippen molar-refractivity contribution < 1.29 is 26.4 Å². The highest BCUT2D eigenvalue weighted by atomic mass is 28.4. The summed E-state index contributed by atoms with van der Waals surface area (Å²) < 4.78 is 54.9. The third kappa shape index (κ3) is 2.58. The fourth-order valence-corrected chi connectivity index (χ4v) is 3.95. The van der Waals surface area contributed by atoms with Crippen LogP contribution in [0.1, 0.15) is 18.0 Å². The van der Waals surface area contributed by atoms with Gasteiger partial charge in [0.05, 0.1) is 5.54 Å². The van der Waals surface area contributed by atoms with E-state index in [0.717, 1.165) is 12.1 Å². The van der Waals surface area contributed by atoms with E-state index in [1.807, 2.05) is 0 Å². The fraction of sp³-hybridized carbons (Fsp3) is 0.455. The average molecular weight is 280 g/mol. The van der Waals surface area contributed by atoms with Crippen molar-refractivity contribution in [3.63, 3.8) is 0 Å². The minimum Gasteiger partial charge on any atom is -0.376 e. The van der Waals surface area contributed by atoms with Gasteiger partial charge in [-0.15, -0.1) is 0 Å². The van der Waals surface area contributed by atoms with Crippen molar-refractivity contribution in [2.75, 3.05) is 21.3 Å². The Morgan fingerprint density at radius 3 is 1.67 bits per heavy atom. The third-order valence-electron chi connectivity index (χ3n) is 2.89. The van der Waals surface area contributed by atoms with Crippen molar-refractivity contribution in [3.8, 4) is 0 Å². The molecule has 0 aliphatic carbocycles. The van der Waals surface area contributed by atoms with Crippen LogP contribution in [0.15, 0.2) is 12.1 Å². The van der Waals surface area contributed by atoms with E-state index in [2.05, 4.69) is 0 Å². The molecule has 0 aliphatic rings. The zero-order valence-electron chi connectivity index (χ0n) is 10.6. The number of benzene rings is 1. The molecule has 0 aromatic heterocycles. The lowest BCUT2D eigenvalue weighted by atomic mass is 10.1. The van der Waals surface area contributed by atoms with Crippen LogP contribution in [0.3, 0.4) is 0 Å². The largest absolute Gasteiger partial charge is 0.507 e. The Balaban J connectivity index is 3.21. The first-order chi connectivity index (χ1) is 8.41. The molecule has 0 fully saturated rings. The van der Waals surface area contributed by atoms with Gasteiger partial charge in [-0.05, 0) is 17.7 Å². The summed E-state index contributed by atoms with van der Waals surface area (Å²) in [5.74, 6) is -3.99. The fourth-order valence-electron chi connectivity index (χ4n) is 1.81. The van der Waals surface area contributed by atoms with Crippen LogP contribution in [-0.2, 0) is 13.3 Å². The average Bonchev–Trinajstić information content (AvgIpc) is 2.38. The lowest BCUT2D eigenvalue weighted by Gasteiger charge is -2.30. The minimum atomic E-state index is -3.08. The summed E-state index contributed by atoms with van der Waals surface area (Å²) in [6, 6.07) is 1.84. The van der Waals surface area contributed by atoms with Crippen LogP contribution in [-0.4, -0.2) is 30.1 Å². The molecule has 102 valence electrons. The van der Waals surface area contributed by atoms with Crippen molar-refractivity contribution in [1.82, 2.24) is 0 Å². The summed E-state index contributed by atoms with van der Waals surface area (Å²) in [6.07, 6.45) is 0. The second-order valence-corrected chi connectivity index (χ2v) is 7.03. The minimum absolute atomic E-state index is 0.226. The number of rotatable bonds is 5. The summed E-state index contributed by atoms with van der Waals surface area (Å²) in [4.78, 5) is 0. The SMILES string of the molecule is CO[Si](OC)(OC)C(C)c1cc(F)c(F)c(F)c1. The van der Waals surface area contributed by atoms with Gasteiger partial charge in [0.1, 0.15) is 0 Å². The Kier molecular flexibility index (Phi) is 4.91. The Morgan fingerprint density at radius 2 is 1.33 bits per heavy atom. The van der Waals surface area contributed by atoms with Gasteiger partial charge in [0.2, 0.25) is 0 Å². The van der Waals surface area contributed by atoms with Crippen molar-refractivity contribution >= 4 is 8.80 Å². The van der Waals surface area contributed by atoms with E-state index in [1.165, 1.54) is 21.3 Å². The number of halogens is 3. The molecule has 0 N–H and O–H groups in total. The van der Waals surface area contributed by atoms with Crippen LogP contribution in [0.4, 0.5) is 13.2 Å². The quantitative estimate of drug-likeness (QED) is 0.613. The summed E-state index contributed by atoms with van der Waals surface area (Å²) in [5, 5.41) is 0. The predicted octanol–water partition coefficient (Wildman–Crippen LogP) is 2.62. The first kappa shape index (κ1) is 15.2. The molecule has 0 saturated carbocycles. The molecule has 1 atom stereocenters. The van der Waals surface area contributed by atoms with Crippen LogP contribution >= 0.6 is 0 Å². The first-order valence-electron chi connectivity index (χ1n) is 5.21. The summed E-state index contributed by atoms with van der Waals surface area (Å²) in [6.45, 7) is 1.65. The normalized spacial score (nSPS) is 13.7. The van der Waals surface area contributed by atoms with Crippen LogP contribution in [0.2, 0.25) is 0 Å². The van der Waals surface area contributed by atoms with Gasteiger partial charge in [0, 0.05) is 21.3 Å². The van der Waals surface area contributed by atoms with Crippen LogP contribution in [0, 0.1) is 17.5 Å². The molecule has 1 rings (SSSR count). The molecular formula is C11H15F3O3Si. The van der Waals surface area contributed by atoms with E-state index in [4.69, 9.17) is 13.3 Å². The van der Waals surface area contributed by atoms with Crippen LogP contribution < -0.4 is 0 Å². The highest BCUT2D eigenvalue weighted by molar-refractivity contribution is 6.62. The molecule has 0 saturated heterocycles. The number of hydrogen-bond acceptors (Lipinski definition) is 3. The molecule has 1 unspecified atom stereocenters. The molecule has 18 heavy (non-hydrogen) atoms. The smallest absolute Gasteiger partial charge is 0.376 e. The molecule has 0 aliphatic heterocycles. The Morgan fingerprint density at radius 1 is 0.944 bits per heavy atom. The lowest BCUT2D eigenvalue weighted by molar-refractivity contribution is 0.114. The Bertz CT molecular complexity index is 393. The molecule has 1 aromatic carbocycles. The molecule has 1 aromatic rings. The predicted molar refractivity (Wildman–Crippen MR) is 61.5 cm³/mol. The van der Waals surface area contributed by atoms with E-state index >= 15 is 0 Å². The molecule has 0 radical (unpaired) electrons. The van der Waals surface area contributed by atoms with E-state index in [0.29, 0.717) is 0 Å². The van der Waals surface area contributed by atoms with E-state index in [-0.39, 0.29) is 5.56 Å². The maximum atomic E-state index is 13.2. The first-order valence-corrected chi connectivity index (χ1v) is 7.02. The molecule has 0 amide bonds. The molecular weight excluding hydrogens is 265 g/mol. The zero-order chi connectivity index (χ0) is 13.9. The van der Waals surface area contributed by atoms with Gasteiger partial charge >= 0.3 is 8.80 Å². The summed E-state index contributed by atoms with van der Waals surface area (Å²) >= 11 is 0. The van der Waals surface area contributed by atoms with Crippen molar-refractivity contribution in [3.05, 3.63) is 35.1 Å². The monoisotopic (exact) mass is 280 g/mol. The Hall–Kier alpha value is -0.893. The van der Waals surface area contributed by atoms with Crippen molar-refractivity contribution in [1.29, 1.82) is 0 Å². The second kappa shape index (κ2) is 5.83. The molecule has 3 nitrogen and oxygen atoms in total. The van der Waals surface area contributed by atoms with E-state index < -0.39 is 31.8 Å². The van der Waals surface area contributed by atoms with Gasteiger partial charge < -0.3 is 13.3 Å². The summed E-state index contributed by atoms with van der Waals surface area (Å²) in [5.41, 5.74) is -0.300. The molecule has 0 spiro atoms. The number of hydrogen-bond donors (Lipinski definition) is 0. The topological polar surface area (TPSA) is 27.7 Å². The highest BCUT2D eigenvalue weighted by Gasteiger charge is 2.45. The summed E-state index contributed by atoms with van der Waals surface area (Å²) in [7, 11) is 1.10. The van der Waals surface area contributed by atoms with Gasteiger partial charge in [-0.1, -0.05) is 6.92 Å². The third-order valence-corrected chi connectivity index (χ3v) is 5.99. The second-order valence-electron chi connectivity index (χ2n) is 3.74. The molecule has 7 heteroatoms. The van der Waals surface area contributed by atoms with Gasteiger partial charge in [-0.25, -0.2) is 13.2 Å². The van der Waals surface area contributed by atoms with Crippen LogP contribution in [0.5, 0.6) is 0 Å². The maximum Gasteiger partial charge on any atom is 0.507 e. The highest BCUT2D eigenvalue weighted by Crippen LogP contribution is 2.30. The Labute approximate surface area is 105 Å². The zero-order valence-corrected chi connectivity index (χ0v) is 11.6. The maximum absolute atomic E-state index is 13.2. The van der Waals surface area contributed by atoms with Crippen molar-refractivity contribution in [2.45, 2.75) is 12.5 Å². The van der Waals surface area contributed by atoms with Crippen LogP contribution in [0.25, 0.3) is 0 Å². The van der Waals surface area contributed by atoms with Gasteiger partial charge in [0.15, 0.2) is 17.5 Å². The van der Waals surface area contributed by atoms with Crippen molar-refractivity contribution in [2.24, 2.45) is 0 Å². The molecule has 0 heterocycles. The lowest BCUT2D eigenvalue weighted by Crippen LogP contribution is -2.48. The van der Waals surface area contributed by atoms with Gasteiger partial charge in [0.25, 0.3) is 0 Å².